The molecular formula is C11H22O4. The van der Waals surface area contributed by atoms with Crippen LogP contribution in [0.15, 0.2) is 12.7 Å². The SMILES string of the molecule is C=CCC(CO)(CCC)COCC(O)O. The molecule has 15 heavy (non-hydrogen) atoms. The fourth-order valence-electron chi connectivity index (χ4n) is 1.64. The van der Waals surface area contributed by atoms with Crippen LogP contribution in [0.2, 0.25) is 0 Å². The Morgan fingerprint density at radius 3 is 2.53 bits per heavy atom. The molecule has 0 heterocycles. The van der Waals surface area contributed by atoms with Crippen molar-refractivity contribution in [3.8, 4) is 0 Å². The van der Waals surface area contributed by atoms with Gasteiger partial charge in [-0.25, -0.2) is 0 Å². The lowest BCUT2D eigenvalue weighted by atomic mass is 9.82. The highest BCUT2D eigenvalue weighted by Crippen LogP contribution is 2.28. The summed E-state index contributed by atoms with van der Waals surface area (Å²) in [4.78, 5) is 0. The van der Waals surface area contributed by atoms with Gasteiger partial charge in [0.05, 0.1) is 19.8 Å². The zero-order valence-corrected chi connectivity index (χ0v) is 9.35. The van der Waals surface area contributed by atoms with Crippen molar-refractivity contribution < 1.29 is 20.1 Å². The van der Waals surface area contributed by atoms with Crippen LogP contribution in [0.4, 0.5) is 0 Å². The van der Waals surface area contributed by atoms with Gasteiger partial charge in [0.25, 0.3) is 0 Å². The lowest BCUT2D eigenvalue weighted by Gasteiger charge is -2.30. The summed E-state index contributed by atoms with van der Waals surface area (Å²) in [5, 5.41) is 26.6. The van der Waals surface area contributed by atoms with Crippen LogP contribution < -0.4 is 0 Å². The first-order chi connectivity index (χ1) is 7.10. The van der Waals surface area contributed by atoms with E-state index in [2.05, 4.69) is 6.58 Å². The third-order valence-corrected chi connectivity index (χ3v) is 2.37. The van der Waals surface area contributed by atoms with Crippen molar-refractivity contribution in [1.82, 2.24) is 0 Å². The van der Waals surface area contributed by atoms with Crippen LogP contribution in [-0.2, 0) is 4.74 Å². The van der Waals surface area contributed by atoms with Crippen LogP contribution in [0, 0.1) is 5.41 Å². The lowest BCUT2D eigenvalue weighted by molar-refractivity contribution is -0.112. The van der Waals surface area contributed by atoms with Crippen molar-refractivity contribution in [2.24, 2.45) is 5.41 Å². The maximum Gasteiger partial charge on any atom is 0.175 e. The van der Waals surface area contributed by atoms with Crippen LogP contribution in [0.5, 0.6) is 0 Å². The quantitative estimate of drug-likeness (QED) is 0.393. The predicted molar refractivity (Wildman–Crippen MR) is 58.3 cm³/mol. The molecule has 0 aromatic heterocycles. The molecule has 0 saturated carbocycles. The van der Waals surface area contributed by atoms with Gasteiger partial charge in [-0.05, 0) is 12.8 Å². The molecule has 0 saturated heterocycles. The molecule has 0 aromatic carbocycles. The van der Waals surface area contributed by atoms with E-state index in [0.717, 1.165) is 12.8 Å². The molecule has 4 nitrogen and oxygen atoms in total. The Balaban J connectivity index is 4.13. The Morgan fingerprint density at radius 2 is 2.13 bits per heavy atom. The van der Waals surface area contributed by atoms with E-state index in [1.165, 1.54) is 0 Å². The van der Waals surface area contributed by atoms with Crippen LogP contribution in [-0.4, -0.2) is 41.4 Å². The Morgan fingerprint density at radius 1 is 1.47 bits per heavy atom. The third-order valence-electron chi connectivity index (χ3n) is 2.37. The molecule has 0 bridgehead atoms. The third kappa shape index (κ3) is 5.89. The molecule has 0 radical (unpaired) electrons. The standard InChI is InChI=1S/C11H22O4/c1-3-5-11(8-12,6-4-2)9-15-7-10(13)14/h3,10,12-14H,1,4-9H2,2H3. The van der Waals surface area contributed by atoms with Crippen molar-refractivity contribution in [2.45, 2.75) is 32.5 Å². The summed E-state index contributed by atoms with van der Waals surface area (Å²) in [5.41, 5.74) is -0.328. The molecule has 0 aliphatic rings. The largest absolute Gasteiger partial charge is 0.396 e. The smallest absolute Gasteiger partial charge is 0.175 e. The number of rotatable bonds is 9. The van der Waals surface area contributed by atoms with E-state index in [4.69, 9.17) is 14.9 Å². The molecule has 4 heteroatoms. The minimum Gasteiger partial charge on any atom is -0.396 e. The van der Waals surface area contributed by atoms with Crippen molar-refractivity contribution >= 4 is 0 Å². The van der Waals surface area contributed by atoms with Crippen LogP contribution in [0.3, 0.4) is 0 Å². The van der Waals surface area contributed by atoms with E-state index in [1.54, 1.807) is 6.08 Å². The van der Waals surface area contributed by atoms with E-state index in [9.17, 15) is 5.11 Å². The summed E-state index contributed by atoms with van der Waals surface area (Å²) in [6.07, 6.45) is 2.74. The Labute approximate surface area is 91.2 Å². The number of aliphatic hydroxyl groups is 3. The van der Waals surface area contributed by atoms with Gasteiger partial charge < -0.3 is 20.1 Å². The number of aliphatic hydroxyl groups excluding tert-OH is 2. The van der Waals surface area contributed by atoms with Gasteiger partial charge in [0.15, 0.2) is 6.29 Å². The normalized spacial score (nSPS) is 15.3. The first-order valence-corrected chi connectivity index (χ1v) is 5.26. The molecule has 0 rings (SSSR count). The number of hydrogen-bond donors (Lipinski definition) is 3. The highest BCUT2D eigenvalue weighted by Gasteiger charge is 2.27. The average molecular weight is 218 g/mol. The molecule has 0 spiro atoms. The topological polar surface area (TPSA) is 69.9 Å². The van der Waals surface area contributed by atoms with Crippen molar-refractivity contribution in [2.75, 3.05) is 19.8 Å². The minimum atomic E-state index is -1.45. The van der Waals surface area contributed by atoms with Crippen LogP contribution in [0.25, 0.3) is 0 Å². The first-order valence-electron chi connectivity index (χ1n) is 5.26. The van der Waals surface area contributed by atoms with Gasteiger partial charge >= 0.3 is 0 Å². The van der Waals surface area contributed by atoms with E-state index >= 15 is 0 Å². The van der Waals surface area contributed by atoms with Crippen molar-refractivity contribution in [3.05, 3.63) is 12.7 Å². The highest BCUT2D eigenvalue weighted by molar-refractivity contribution is 4.86. The molecule has 0 aliphatic heterocycles. The Hall–Kier alpha value is -0.420. The second-order valence-corrected chi connectivity index (χ2v) is 3.90. The fraction of sp³-hybridized carbons (Fsp3) is 0.818. The van der Waals surface area contributed by atoms with E-state index in [1.807, 2.05) is 6.92 Å². The number of allylic oxidation sites excluding steroid dienone is 1. The zero-order chi connectivity index (χ0) is 11.7. The Bertz CT molecular complexity index is 170. The zero-order valence-electron chi connectivity index (χ0n) is 9.35. The second kappa shape index (κ2) is 7.82. The molecule has 0 aromatic rings. The maximum absolute atomic E-state index is 9.35. The highest BCUT2D eigenvalue weighted by atomic mass is 16.5. The van der Waals surface area contributed by atoms with E-state index < -0.39 is 6.29 Å². The summed E-state index contributed by atoms with van der Waals surface area (Å²) in [7, 11) is 0. The minimum absolute atomic E-state index is 0.0222. The Kier molecular flexibility index (Phi) is 7.60. The molecular weight excluding hydrogens is 196 g/mol. The van der Waals surface area contributed by atoms with Gasteiger partial charge in [-0.2, -0.15) is 0 Å². The molecule has 3 N–H and O–H groups in total. The molecule has 0 aliphatic carbocycles. The van der Waals surface area contributed by atoms with Crippen LogP contribution in [0.1, 0.15) is 26.2 Å². The van der Waals surface area contributed by atoms with Gasteiger partial charge in [0.1, 0.15) is 0 Å². The summed E-state index contributed by atoms with van der Waals surface area (Å²) in [6, 6.07) is 0. The van der Waals surface area contributed by atoms with Gasteiger partial charge in [-0.1, -0.05) is 19.4 Å². The van der Waals surface area contributed by atoms with Gasteiger partial charge in [0, 0.05) is 5.41 Å². The summed E-state index contributed by atoms with van der Waals surface area (Å²) >= 11 is 0. The van der Waals surface area contributed by atoms with Gasteiger partial charge in [-0.3, -0.25) is 0 Å². The van der Waals surface area contributed by atoms with Crippen LogP contribution >= 0.6 is 0 Å². The first kappa shape index (κ1) is 14.6. The molecule has 0 fully saturated rings. The summed E-state index contributed by atoms with van der Waals surface area (Å²) < 4.78 is 5.15. The molecule has 1 unspecified atom stereocenters. The lowest BCUT2D eigenvalue weighted by Crippen LogP contribution is -2.32. The maximum atomic E-state index is 9.35. The number of hydrogen-bond acceptors (Lipinski definition) is 4. The summed E-state index contributed by atoms with van der Waals surface area (Å²) in [6.45, 7) is 5.91. The molecule has 90 valence electrons. The monoisotopic (exact) mass is 218 g/mol. The van der Waals surface area contributed by atoms with Crippen molar-refractivity contribution in [1.29, 1.82) is 0 Å². The second-order valence-electron chi connectivity index (χ2n) is 3.90. The van der Waals surface area contributed by atoms with E-state index in [-0.39, 0.29) is 18.6 Å². The summed E-state index contributed by atoms with van der Waals surface area (Å²) in [5.74, 6) is 0. The van der Waals surface area contributed by atoms with Crippen molar-refractivity contribution in [3.63, 3.8) is 0 Å². The van der Waals surface area contributed by atoms with Gasteiger partial charge in [0.2, 0.25) is 0 Å². The average Bonchev–Trinajstić information content (AvgIpc) is 2.17. The molecule has 0 amide bonds. The fourth-order valence-corrected chi connectivity index (χ4v) is 1.64. The van der Waals surface area contributed by atoms with Gasteiger partial charge in [-0.15, -0.1) is 6.58 Å². The molecule has 1 atom stereocenters. The van der Waals surface area contributed by atoms with E-state index in [0.29, 0.717) is 13.0 Å². The predicted octanol–water partition coefficient (Wildman–Crippen LogP) is 0.669. The number of ether oxygens (including phenoxy) is 1.